The molecule has 1 aromatic carbocycles. The largest absolute Gasteiger partial charge is 0.378 e. The average molecular weight is 364 g/mol. The fourth-order valence-corrected chi connectivity index (χ4v) is 4.40. The summed E-state index contributed by atoms with van der Waals surface area (Å²) in [5.74, 6) is -0.00743. The number of carbonyl (C=O) groups is 1. The number of aryl methyl sites for hydroxylation is 1. The van der Waals surface area contributed by atoms with Gasteiger partial charge in [-0.3, -0.25) is 4.79 Å². The van der Waals surface area contributed by atoms with Gasteiger partial charge in [0, 0.05) is 35.5 Å². The van der Waals surface area contributed by atoms with Crippen LogP contribution in [0.5, 0.6) is 0 Å². The van der Waals surface area contributed by atoms with E-state index in [9.17, 15) is 4.79 Å². The van der Waals surface area contributed by atoms with Crippen molar-refractivity contribution in [1.29, 1.82) is 0 Å². The van der Waals surface area contributed by atoms with Gasteiger partial charge in [0.25, 0.3) is 0 Å². The minimum Gasteiger partial charge on any atom is -0.378 e. The Morgan fingerprint density at radius 1 is 1.33 bits per heavy atom. The first-order valence-corrected chi connectivity index (χ1v) is 9.70. The third-order valence-corrected chi connectivity index (χ3v) is 5.95. The second kappa shape index (κ2) is 8.00. The SMILES string of the molecule is Cc1csc(SC(C)C(=O)Nc2ccc(N3CCOCC3)cc2)n1. The molecule has 1 atom stereocenters. The molecule has 1 saturated heterocycles. The average Bonchev–Trinajstić information content (AvgIpc) is 3.01. The zero-order valence-corrected chi connectivity index (χ0v) is 15.5. The zero-order chi connectivity index (χ0) is 16.9. The van der Waals surface area contributed by atoms with Crippen LogP contribution in [0.4, 0.5) is 11.4 Å². The standard InChI is InChI=1S/C17H21N3O2S2/c1-12-11-23-17(18-12)24-13(2)16(21)19-14-3-5-15(6-4-14)20-7-9-22-10-8-20/h3-6,11,13H,7-10H2,1-2H3,(H,19,21). The molecule has 1 aromatic heterocycles. The Balaban J connectivity index is 1.55. The number of aromatic nitrogens is 1. The highest BCUT2D eigenvalue weighted by Gasteiger charge is 2.17. The fraction of sp³-hybridized carbons (Fsp3) is 0.412. The van der Waals surface area contributed by atoms with Crippen molar-refractivity contribution in [2.24, 2.45) is 0 Å². The van der Waals surface area contributed by atoms with E-state index in [0.717, 1.165) is 47.7 Å². The Labute approximate surface area is 150 Å². The Morgan fingerprint density at radius 3 is 2.67 bits per heavy atom. The molecule has 7 heteroatoms. The number of anilines is 2. The molecule has 1 aliphatic heterocycles. The summed E-state index contributed by atoms with van der Waals surface area (Å²) >= 11 is 3.07. The molecule has 24 heavy (non-hydrogen) atoms. The van der Waals surface area contributed by atoms with Crippen LogP contribution in [0.1, 0.15) is 12.6 Å². The number of nitrogens with one attached hydrogen (secondary N) is 1. The van der Waals surface area contributed by atoms with E-state index in [2.05, 4.69) is 15.2 Å². The number of hydrogen-bond acceptors (Lipinski definition) is 6. The summed E-state index contributed by atoms with van der Waals surface area (Å²) in [5.41, 5.74) is 2.98. The lowest BCUT2D eigenvalue weighted by Gasteiger charge is -2.28. The molecule has 1 fully saturated rings. The molecule has 1 N–H and O–H groups in total. The van der Waals surface area contributed by atoms with Crippen molar-refractivity contribution in [3.05, 3.63) is 35.3 Å². The Morgan fingerprint density at radius 2 is 2.04 bits per heavy atom. The second-order valence-electron chi connectivity index (χ2n) is 5.65. The van der Waals surface area contributed by atoms with Gasteiger partial charge in [0.2, 0.25) is 5.91 Å². The lowest BCUT2D eigenvalue weighted by molar-refractivity contribution is -0.115. The summed E-state index contributed by atoms with van der Waals surface area (Å²) in [6.07, 6.45) is 0. The minimum absolute atomic E-state index is 0.00743. The summed E-state index contributed by atoms with van der Waals surface area (Å²) in [5, 5.41) is 4.78. The van der Waals surface area contributed by atoms with Gasteiger partial charge in [-0.25, -0.2) is 4.98 Å². The summed E-state index contributed by atoms with van der Waals surface area (Å²) in [4.78, 5) is 19.0. The normalized spacial score (nSPS) is 16.0. The highest BCUT2D eigenvalue weighted by atomic mass is 32.2. The molecular formula is C17H21N3O2S2. The van der Waals surface area contributed by atoms with E-state index in [1.165, 1.54) is 11.8 Å². The molecule has 0 bridgehead atoms. The summed E-state index contributed by atoms with van der Waals surface area (Å²) < 4.78 is 6.30. The maximum absolute atomic E-state index is 12.3. The predicted octanol–water partition coefficient (Wildman–Crippen LogP) is 3.41. The number of rotatable bonds is 5. The number of carbonyl (C=O) groups excluding carboxylic acids is 1. The zero-order valence-electron chi connectivity index (χ0n) is 13.8. The van der Waals surface area contributed by atoms with Gasteiger partial charge in [-0.15, -0.1) is 11.3 Å². The van der Waals surface area contributed by atoms with Crippen LogP contribution < -0.4 is 10.2 Å². The van der Waals surface area contributed by atoms with Crippen molar-refractivity contribution in [1.82, 2.24) is 4.98 Å². The van der Waals surface area contributed by atoms with Crippen LogP contribution in [0.2, 0.25) is 0 Å². The van der Waals surface area contributed by atoms with Crippen molar-refractivity contribution in [3.63, 3.8) is 0 Å². The molecule has 1 unspecified atom stereocenters. The molecule has 2 heterocycles. The van der Waals surface area contributed by atoms with Gasteiger partial charge in [-0.05, 0) is 38.1 Å². The van der Waals surface area contributed by atoms with Crippen molar-refractivity contribution in [3.8, 4) is 0 Å². The third-order valence-electron chi connectivity index (χ3n) is 3.76. The second-order valence-corrected chi connectivity index (χ2v) is 8.10. The first-order valence-electron chi connectivity index (χ1n) is 7.94. The number of nitrogens with zero attached hydrogens (tertiary/aromatic N) is 2. The minimum atomic E-state index is -0.186. The highest BCUT2D eigenvalue weighted by Crippen LogP contribution is 2.27. The predicted molar refractivity (Wildman–Crippen MR) is 100 cm³/mol. The van der Waals surface area contributed by atoms with Crippen LogP contribution in [-0.2, 0) is 9.53 Å². The molecule has 1 amide bonds. The molecule has 0 radical (unpaired) electrons. The van der Waals surface area contributed by atoms with E-state index in [-0.39, 0.29) is 11.2 Å². The lowest BCUT2D eigenvalue weighted by Crippen LogP contribution is -2.36. The van der Waals surface area contributed by atoms with E-state index in [1.54, 1.807) is 11.3 Å². The Hall–Kier alpha value is -1.57. The Bertz CT molecular complexity index is 681. The van der Waals surface area contributed by atoms with Gasteiger partial charge in [-0.2, -0.15) is 0 Å². The van der Waals surface area contributed by atoms with E-state index >= 15 is 0 Å². The van der Waals surface area contributed by atoms with E-state index in [0.29, 0.717) is 0 Å². The van der Waals surface area contributed by atoms with E-state index in [1.807, 2.05) is 43.5 Å². The van der Waals surface area contributed by atoms with Crippen LogP contribution >= 0.6 is 23.1 Å². The maximum atomic E-state index is 12.3. The van der Waals surface area contributed by atoms with E-state index in [4.69, 9.17) is 4.74 Å². The van der Waals surface area contributed by atoms with Crippen molar-refractivity contribution in [2.45, 2.75) is 23.4 Å². The number of ether oxygens (including phenoxy) is 1. The number of hydrogen-bond donors (Lipinski definition) is 1. The number of benzene rings is 1. The van der Waals surface area contributed by atoms with Gasteiger partial charge in [-0.1, -0.05) is 11.8 Å². The lowest BCUT2D eigenvalue weighted by atomic mass is 10.2. The number of amides is 1. The molecular weight excluding hydrogens is 342 g/mol. The number of thioether (sulfide) groups is 1. The van der Waals surface area contributed by atoms with Crippen molar-refractivity contribution in [2.75, 3.05) is 36.5 Å². The fourth-order valence-electron chi connectivity index (χ4n) is 2.41. The van der Waals surface area contributed by atoms with Gasteiger partial charge in [0.1, 0.15) is 0 Å². The number of morpholine rings is 1. The Kier molecular flexibility index (Phi) is 5.76. The van der Waals surface area contributed by atoms with Crippen molar-refractivity contribution < 1.29 is 9.53 Å². The molecule has 5 nitrogen and oxygen atoms in total. The van der Waals surface area contributed by atoms with Crippen LogP contribution in [0.3, 0.4) is 0 Å². The molecule has 128 valence electrons. The summed E-state index contributed by atoms with van der Waals surface area (Å²) in [6.45, 7) is 7.21. The smallest absolute Gasteiger partial charge is 0.237 e. The first kappa shape index (κ1) is 17.3. The van der Waals surface area contributed by atoms with Crippen LogP contribution in [-0.4, -0.2) is 42.4 Å². The van der Waals surface area contributed by atoms with Crippen LogP contribution in [0.25, 0.3) is 0 Å². The third kappa shape index (κ3) is 4.49. The quantitative estimate of drug-likeness (QED) is 0.825. The maximum Gasteiger partial charge on any atom is 0.237 e. The van der Waals surface area contributed by atoms with Gasteiger partial charge in [0.15, 0.2) is 4.34 Å². The molecule has 1 aliphatic rings. The van der Waals surface area contributed by atoms with Crippen LogP contribution in [0, 0.1) is 6.92 Å². The van der Waals surface area contributed by atoms with E-state index < -0.39 is 0 Å². The van der Waals surface area contributed by atoms with Gasteiger partial charge in [0.05, 0.1) is 18.5 Å². The van der Waals surface area contributed by atoms with Gasteiger partial charge < -0.3 is 15.0 Å². The molecule has 2 aromatic rings. The highest BCUT2D eigenvalue weighted by molar-refractivity contribution is 8.02. The molecule has 0 aliphatic carbocycles. The topological polar surface area (TPSA) is 54.5 Å². The summed E-state index contributed by atoms with van der Waals surface area (Å²) in [7, 11) is 0. The monoisotopic (exact) mass is 363 g/mol. The first-order chi connectivity index (χ1) is 11.6. The van der Waals surface area contributed by atoms with Gasteiger partial charge >= 0.3 is 0 Å². The van der Waals surface area contributed by atoms with Crippen molar-refractivity contribution >= 4 is 40.4 Å². The number of thiazole rings is 1. The van der Waals surface area contributed by atoms with Crippen LogP contribution in [0.15, 0.2) is 34.0 Å². The molecule has 0 spiro atoms. The summed E-state index contributed by atoms with van der Waals surface area (Å²) in [6, 6.07) is 7.99. The molecule has 3 rings (SSSR count). The molecule has 0 saturated carbocycles.